The molecule has 1 aliphatic heterocycles. The van der Waals surface area contributed by atoms with Crippen molar-refractivity contribution in [2.45, 2.75) is 51.9 Å². The average Bonchev–Trinajstić information content (AvgIpc) is 4.08. The lowest BCUT2D eigenvalue weighted by molar-refractivity contribution is -0.143. The second-order valence-electron chi connectivity index (χ2n) is 17.0. The predicted molar refractivity (Wildman–Crippen MR) is 266 cm³/mol. The number of aryl methyl sites for hydroxylation is 1. The summed E-state index contributed by atoms with van der Waals surface area (Å²) >= 11 is 2.97. The molecular formula is C52H58N4O12S2. The van der Waals surface area contributed by atoms with E-state index >= 15 is 0 Å². The van der Waals surface area contributed by atoms with Crippen LogP contribution in [0.2, 0.25) is 0 Å². The summed E-state index contributed by atoms with van der Waals surface area (Å²) in [6.07, 6.45) is -0.774. The minimum Gasteiger partial charge on any atom is -0.508 e. The molecule has 70 heavy (non-hydrogen) atoms. The number of aliphatic hydroxyl groups excluding tert-OH is 1. The molecule has 18 heteroatoms. The fourth-order valence-electron chi connectivity index (χ4n) is 7.89. The van der Waals surface area contributed by atoms with Gasteiger partial charge in [-0.25, -0.2) is 4.98 Å². The standard InChI is InChI=1S/C52H58N4O12S2/c1-32(2)47(52(63)56-29-40(59)26-43(56)51(62)53-28-34-4-6-36(7-5-34)49-33(3)54-31-69-49)55-45(60)30-67-23-22-65-19-18-64-20-21-66-24-25-68-41-15-10-35(11-16-41)48(61)46-42-17-14-39(58)27-44(42)70-50(46)37-8-12-38(57)13-9-37/h4-17,27,31-32,40,43,47,57-59H,18-26,28-30H2,1-3H3,(H,53,62)(H,55,60)/t40-,43+,47?/m1/s1. The fraction of sp³-hybridized carbons (Fsp3) is 0.365. The minimum absolute atomic E-state index is 0.0158. The van der Waals surface area contributed by atoms with Gasteiger partial charge in [-0.05, 0) is 96.3 Å². The lowest BCUT2D eigenvalue weighted by Gasteiger charge is -2.30. The van der Waals surface area contributed by atoms with Crippen molar-refractivity contribution in [3.8, 4) is 38.1 Å². The predicted octanol–water partition coefficient (Wildman–Crippen LogP) is 6.51. The summed E-state index contributed by atoms with van der Waals surface area (Å²) in [6.45, 7) is 7.82. The van der Waals surface area contributed by atoms with E-state index in [4.69, 9.17) is 23.7 Å². The Balaban J connectivity index is 0.729. The van der Waals surface area contributed by atoms with E-state index in [9.17, 15) is 34.5 Å². The molecule has 1 unspecified atom stereocenters. The van der Waals surface area contributed by atoms with Gasteiger partial charge in [0, 0.05) is 45.6 Å². The monoisotopic (exact) mass is 994 g/mol. The van der Waals surface area contributed by atoms with Gasteiger partial charge in [-0.2, -0.15) is 0 Å². The first-order chi connectivity index (χ1) is 33.9. The highest BCUT2D eigenvalue weighted by atomic mass is 32.1. The zero-order valence-corrected chi connectivity index (χ0v) is 40.9. The molecule has 0 spiro atoms. The molecule has 3 atom stereocenters. The number of aromatic hydroxyl groups is 2. The Kier molecular flexibility index (Phi) is 18.5. The molecule has 0 radical (unpaired) electrons. The van der Waals surface area contributed by atoms with E-state index in [1.165, 1.54) is 16.2 Å². The van der Waals surface area contributed by atoms with Gasteiger partial charge in [-0.15, -0.1) is 22.7 Å². The summed E-state index contributed by atoms with van der Waals surface area (Å²) in [4.78, 5) is 61.2. The Morgan fingerprint density at radius 3 is 2.03 bits per heavy atom. The smallest absolute Gasteiger partial charge is 0.246 e. The first-order valence-electron chi connectivity index (χ1n) is 23.0. The second kappa shape index (κ2) is 25.0. The molecule has 3 heterocycles. The molecule has 0 saturated carbocycles. The lowest BCUT2D eigenvalue weighted by Crippen LogP contribution is -2.55. The third-order valence-electron chi connectivity index (χ3n) is 11.5. The number of thiazole rings is 1. The molecule has 0 aliphatic carbocycles. The quantitative estimate of drug-likeness (QED) is 0.0306. The number of fused-ring (bicyclic) bond motifs is 1. The maximum absolute atomic E-state index is 13.8. The van der Waals surface area contributed by atoms with E-state index in [0.29, 0.717) is 56.5 Å². The lowest BCUT2D eigenvalue weighted by atomic mass is 9.97. The number of ketones is 1. The number of carbonyl (C=O) groups excluding carboxylic acids is 4. The number of hydrogen-bond donors (Lipinski definition) is 5. The van der Waals surface area contributed by atoms with E-state index in [1.807, 2.05) is 31.2 Å². The summed E-state index contributed by atoms with van der Waals surface area (Å²) in [5.41, 5.74) is 6.49. The highest BCUT2D eigenvalue weighted by molar-refractivity contribution is 7.22. The Morgan fingerprint density at radius 2 is 1.39 bits per heavy atom. The molecule has 6 aromatic rings. The van der Waals surface area contributed by atoms with Gasteiger partial charge in [0.15, 0.2) is 5.78 Å². The van der Waals surface area contributed by atoms with Gasteiger partial charge in [0.25, 0.3) is 0 Å². The molecule has 16 nitrogen and oxygen atoms in total. The zero-order valence-electron chi connectivity index (χ0n) is 39.3. The average molecular weight is 995 g/mol. The molecule has 0 bridgehead atoms. The highest BCUT2D eigenvalue weighted by Crippen LogP contribution is 2.41. The number of rotatable bonds is 25. The second-order valence-corrected chi connectivity index (χ2v) is 18.9. The van der Waals surface area contributed by atoms with Crippen LogP contribution in [0.5, 0.6) is 17.2 Å². The maximum Gasteiger partial charge on any atom is 0.246 e. The van der Waals surface area contributed by atoms with Gasteiger partial charge >= 0.3 is 0 Å². The molecule has 1 aliphatic rings. The van der Waals surface area contributed by atoms with Crippen LogP contribution in [0.3, 0.4) is 0 Å². The van der Waals surface area contributed by atoms with Gasteiger partial charge in [0.2, 0.25) is 17.7 Å². The molecule has 4 aromatic carbocycles. The molecule has 2 aromatic heterocycles. The Hall–Kier alpha value is -6.25. The van der Waals surface area contributed by atoms with Crippen molar-refractivity contribution in [1.29, 1.82) is 0 Å². The number of nitrogens with one attached hydrogen (secondary N) is 2. The summed E-state index contributed by atoms with van der Waals surface area (Å²) in [5, 5.41) is 36.7. The van der Waals surface area contributed by atoms with Crippen LogP contribution in [-0.2, 0) is 39.9 Å². The SMILES string of the molecule is Cc1ncsc1-c1ccc(CNC(=O)[C@@H]2C[C@@H](O)CN2C(=O)C(NC(=O)COCCOCCOCCOCCOc2ccc(C(=O)c3c(-c4ccc(O)cc4)sc4cc(O)ccc34)cc2)C(C)C)cc1. The van der Waals surface area contributed by atoms with Gasteiger partial charge < -0.3 is 54.5 Å². The van der Waals surface area contributed by atoms with E-state index in [0.717, 1.165) is 42.2 Å². The number of likely N-dealkylation sites (tertiary alicyclic amines) is 1. The van der Waals surface area contributed by atoms with E-state index in [2.05, 4.69) is 15.6 Å². The number of thiophene rings is 1. The summed E-state index contributed by atoms with van der Waals surface area (Å²) in [7, 11) is 0. The first-order valence-corrected chi connectivity index (χ1v) is 24.7. The number of phenols is 2. The van der Waals surface area contributed by atoms with Crippen molar-refractivity contribution < 1.29 is 58.2 Å². The molecule has 1 saturated heterocycles. The summed E-state index contributed by atoms with van der Waals surface area (Å²) < 4.78 is 28.8. The van der Waals surface area contributed by atoms with Gasteiger partial charge in [0.05, 0.1) is 68.4 Å². The van der Waals surface area contributed by atoms with Crippen LogP contribution in [0, 0.1) is 12.8 Å². The molecular weight excluding hydrogens is 937 g/mol. The number of phenolic OH excluding ortho intramolecular Hbond substituents is 2. The topological polar surface area (TPSA) is 215 Å². The van der Waals surface area contributed by atoms with Gasteiger partial charge in [-0.3, -0.25) is 19.2 Å². The molecule has 5 N–H and O–H groups in total. The number of aliphatic hydroxyl groups is 1. The molecule has 7 rings (SSSR count). The summed E-state index contributed by atoms with van der Waals surface area (Å²) in [5.74, 6) is -0.949. The van der Waals surface area contributed by atoms with E-state index in [-0.39, 0.29) is 68.4 Å². The third-order valence-corrected chi connectivity index (χ3v) is 13.7. The number of ether oxygens (including phenoxy) is 5. The zero-order chi connectivity index (χ0) is 49.6. The van der Waals surface area contributed by atoms with Crippen molar-refractivity contribution in [2.24, 2.45) is 5.92 Å². The molecule has 1 fully saturated rings. The maximum atomic E-state index is 13.8. The number of nitrogens with zero attached hydrogens (tertiary/aromatic N) is 2. The van der Waals surface area contributed by atoms with Crippen LogP contribution in [0.25, 0.3) is 31.0 Å². The number of benzene rings is 4. The van der Waals surface area contributed by atoms with E-state index in [1.54, 1.807) is 97.4 Å². The van der Waals surface area contributed by atoms with Crippen LogP contribution in [0.1, 0.15) is 47.4 Å². The van der Waals surface area contributed by atoms with Crippen molar-refractivity contribution in [3.05, 3.63) is 119 Å². The molecule has 3 amide bonds. The van der Waals surface area contributed by atoms with Crippen LogP contribution < -0.4 is 15.4 Å². The Morgan fingerprint density at radius 1 is 0.771 bits per heavy atom. The third kappa shape index (κ3) is 13.7. The van der Waals surface area contributed by atoms with Gasteiger partial charge in [-0.1, -0.05) is 38.1 Å². The van der Waals surface area contributed by atoms with Crippen LogP contribution in [0.4, 0.5) is 0 Å². The number of aromatic nitrogens is 1. The highest BCUT2D eigenvalue weighted by Gasteiger charge is 2.42. The number of β-amino-alcohol motifs (C(OH)–C–C–N with tert-alkyl or cyclic N) is 1. The van der Waals surface area contributed by atoms with Crippen molar-refractivity contribution in [3.63, 3.8) is 0 Å². The number of amides is 3. The van der Waals surface area contributed by atoms with Crippen molar-refractivity contribution >= 4 is 56.3 Å². The fourth-order valence-corrected chi connectivity index (χ4v) is 9.94. The Bertz CT molecular complexity index is 2690. The van der Waals surface area contributed by atoms with E-state index < -0.39 is 30.0 Å². The van der Waals surface area contributed by atoms with Gasteiger partial charge in [0.1, 0.15) is 42.5 Å². The Labute approximate surface area is 414 Å². The summed E-state index contributed by atoms with van der Waals surface area (Å²) in [6, 6.07) is 24.5. The normalized spacial score (nSPS) is 15.1. The largest absolute Gasteiger partial charge is 0.508 e. The first kappa shape index (κ1) is 51.6. The van der Waals surface area contributed by atoms with Crippen molar-refractivity contribution in [1.82, 2.24) is 20.5 Å². The van der Waals surface area contributed by atoms with Crippen LogP contribution >= 0.6 is 22.7 Å². The minimum atomic E-state index is -0.924. The van der Waals surface area contributed by atoms with Crippen LogP contribution in [0.15, 0.2) is 96.5 Å². The van der Waals surface area contributed by atoms with Crippen molar-refractivity contribution in [2.75, 3.05) is 66.0 Å². The number of carbonyl (C=O) groups is 4. The number of hydrogen-bond acceptors (Lipinski definition) is 15. The molecule has 370 valence electrons. The van der Waals surface area contributed by atoms with Crippen LogP contribution in [-0.4, -0.2) is 133 Å².